The molecule has 0 radical (unpaired) electrons. The molecule has 0 unspecified atom stereocenters. The number of benzene rings is 3. The van der Waals surface area contributed by atoms with Gasteiger partial charge in [0.1, 0.15) is 17.3 Å². The van der Waals surface area contributed by atoms with Crippen LogP contribution < -0.4 is 4.74 Å². The molecule has 0 spiro atoms. The Kier molecular flexibility index (Phi) is 5.92. The average molecular weight is 364 g/mol. The molecule has 3 rings (SSSR count). The van der Waals surface area contributed by atoms with E-state index in [-0.39, 0.29) is 17.8 Å². The summed E-state index contributed by atoms with van der Waals surface area (Å²) < 4.78 is 25.8. The average Bonchev–Trinajstić information content (AvgIpc) is 2.65. The molecule has 0 saturated heterocycles. The molecule has 0 N–H and O–H groups in total. The zero-order valence-electron chi connectivity index (χ0n) is 16.0. The van der Waals surface area contributed by atoms with Crippen LogP contribution in [0.4, 0.5) is 4.39 Å². The first-order chi connectivity index (χ1) is 12.9. The van der Waals surface area contributed by atoms with Gasteiger partial charge in [0.05, 0.1) is 13.2 Å². The Labute approximate surface area is 160 Å². The second-order valence-electron chi connectivity index (χ2n) is 7.41. The van der Waals surface area contributed by atoms with E-state index in [0.717, 1.165) is 5.75 Å². The van der Waals surface area contributed by atoms with Crippen molar-refractivity contribution in [2.75, 3.05) is 6.61 Å². The highest BCUT2D eigenvalue weighted by Gasteiger charge is 2.21. The maximum atomic E-state index is 14.2. The maximum Gasteiger partial charge on any atom is 0.128 e. The van der Waals surface area contributed by atoms with Gasteiger partial charge in [-0.05, 0) is 42.8 Å². The molecular weight excluding hydrogens is 339 g/mol. The van der Waals surface area contributed by atoms with Gasteiger partial charge in [0.15, 0.2) is 0 Å². The standard InChI is InChI=1S/C24H25FO2/c1-18-9-11-20(12-10-18)24(2,3)17-26-16-19-15-22(13-14-23(19)25)27-21-7-5-4-6-8-21/h4-15H,16-17H2,1-3H3. The monoisotopic (exact) mass is 364 g/mol. The molecule has 3 aromatic carbocycles. The van der Waals surface area contributed by atoms with Crippen molar-refractivity contribution >= 4 is 0 Å². The SMILES string of the molecule is Cc1ccc(C(C)(C)COCc2cc(Oc3ccccc3)ccc2F)cc1. The lowest BCUT2D eigenvalue weighted by molar-refractivity contribution is 0.0805. The van der Waals surface area contributed by atoms with Crippen LogP contribution in [-0.2, 0) is 16.8 Å². The number of halogens is 1. The van der Waals surface area contributed by atoms with Crippen LogP contribution in [0.1, 0.15) is 30.5 Å². The van der Waals surface area contributed by atoms with Gasteiger partial charge in [0.25, 0.3) is 0 Å². The number of para-hydroxylation sites is 1. The summed E-state index contributed by atoms with van der Waals surface area (Å²) in [5, 5.41) is 0. The first-order valence-corrected chi connectivity index (χ1v) is 9.10. The molecule has 0 aliphatic carbocycles. The predicted octanol–water partition coefficient (Wildman–Crippen LogP) is 6.42. The van der Waals surface area contributed by atoms with Crippen molar-refractivity contribution in [1.82, 2.24) is 0 Å². The fourth-order valence-electron chi connectivity index (χ4n) is 2.85. The third-order valence-corrected chi connectivity index (χ3v) is 4.55. The van der Waals surface area contributed by atoms with Crippen LogP contribution in [0, 0.1) is 12.7 Å². The lowest BCUT2D eigenvalue weighted by Crippen LogP contribution is -2.24. The fraction of sp³-hybridized carbons (Fsp3) is 0.250. The topological polar surface area (TPSA) is 18.5 Å². The van der Waals surface area contributed by atoms with Gasteiger partial charge in [-0.3, -0.25) is 0 Å². The van der Waals surface area contributed by atoms with Crippen molar-refractivity contribution in [1.29, 1.82) is 0 Å². The van der Waals surface area contributed by atoms with Gasteiger partial charge in [0, 0.05) is 11.0 Å². The van der Waals surface area contributed by atoms with Crippen molar-refractivity contribution in [3.05, 3.63) is 95.3 Å². The third-order valence-electron chi connectivity index (χ3n) is 4.55. The summed E-state index contributed by atoms with van der Waals surface area (Å²) in [6, 6.07) is 22.6. The van der Waals surface area contributed by atoms with E-state index in [1.165, 1.54) is 17.2 Å². The van der Waals surface area contributed by atoms with E-state index in [2.05, 4.69) is 45.0 Å². The number of rotatable bonds is 7. The molecule has 3 aromatic rings. The van der Waals surface area contributed by atoms with E-state index >= 15 is 0 Å². The Morgan fingerprint density at radius 2 is 1.56 bits per heavy atom. The summed E-state index contributed by atoms with van der Waals surface area (Å²) in [6.45, 7) is 7.03. The van der Waals surface area contributed by atoms with Crippen molar-refractivity contribution in [2.24, 2.45) is 0 Å². The number of hydrogen-bond donors (Lipinski definition) is 0. The predicted molar refractivity (Wildman–Crippen MR) is 107 cm³/mol. The normalized spacial score (nSPS) is 11.4. The third kappa shape index (κ3) is 5.18. The van der Waals surface area contributed by atoms with Crippen LogP contribution in [0.3, 0.4) is 0 Å². The summed E-state index contributed by atoms with van der Waals surface area (Å²) in [6.07, 6.45) is 0. The highest BCUT2D eigenvalue weighted by atomic mass is 19.1. The van der Waals surface area contributed by atoms with Crippen LogP contribution >= 0.6 is 0 Å². The van der Waals surface area contributed by atoms with Crippen LogP contribution in [0.15, 0.2) is 72.8 Å². The van der Waals surface area contributed by atoms with Gasteiger partial charge >= 0.3 is 0 Å². The molecule has 0 saturated carbocycles. The van der Waals surface area contributed by atoms with Gasteiger partial charge in [0.2, 0.25) is 0 Å². The second kappa shape index (κ2) is 8.36. The molecule has 2 nitrogen and oxygen atoms in total. The van der Waals surface area contributed by atoms with Crippen LogP contribution in [0.25, 0.3) is 0 Å². The summed E-state index contributed by atoms with van der Waals surface area (Å²) in [5.41, 5.74) is 2.77. The molecule has 140 valence electrons. The van der Waals surface area contributed by atoms with Gasteiger partial charge in [-0.2, -0.15) is 0 Å². The summed E-state index contributed by atoms with van der Waals surface area (Å²) in [4.78, 5) is 0. The zero-order chi connectivity index (χ0) is 19.3. The number of hydrogen-bond acceptors (Lipinski definition) is 2. The lowest BCUT2D eigenvalue weighted by atomic mass is 9.85. The Bertz CT molecular complexity index is 871. The highest BCUT2D eigenvalue weighted by Crippen LogP contribution is 2.26. The lowest BCUT2D eigenvalue weighted by Gasteiger charge is -2.25. The Morgan fingerprint density at radius 3 is 2.26 bits per heavy atom. The Balaban J connectivity index is 1.63. The molecule has 0 atom stereocenters. The van der Waals surface area contributed by atoms with Gasteiger partial charge < -0.3 is 9.47 Å². The second-order valence-corrected chi connectivity index (χ2v) is 7.41. The Hall–Kier alpha value is -2.65. The van der Waals surface area contributed by atoms with E-state index < -0.39 is 0 Å². The molecule has 0 heterocycles. The smallest absolute Gasteiger partial charge is 0.128 e. The van der Waals surface area contributed by atoms with Gasteiger partial charge in [-0.25, -0.2) is 4.39 Å². The van der Waals surface area contributed by atoms with E-state index in [4.69, 9.17) is 9.47 Å². The van der Waals surface area contributed by atoms with Crippen LogP contribution in [0.5, 0.6) is 11.5 Å². The van der Waals surface area contributed by atoms with E-state index in [1.807, 2.05) is 30.3 Å². The minimum absolute atomic E-state index is 0.150. The van der Waals surface area contributed by atoms with E-state index in [0.29, 0.717) is 17.9 Å². The molecular formula is C24H25FO2. The van der Waals surface area contributed by atoms with Crippen molar-refractivity contribution in [2.45, 2.75) is 32.8 Å². The molecule has 0 fully saturated rings. The molecule has 3 heteroatoms. The summed E-state index contributed by atoms with van der Waals surface area (Å²) in [7, 11) is 0. The summed E-state index contributed by atoms with van der Waals surface area (Å²) >= 11 is 0. The largest absolute Gasteiger partial charge is 0.457 e. The maximum absolute atomic E-state index is 14.2. The minimum Gasteiger partial charge on any atom is -0.457 e. The molecule has 27 heavy (non-hydrogen) atoms. The molecule has 0 aliphatic heterocycles. The van der Waals surface area contributed by atoms with Crippen molar-refractivity contribution in [3.63, 3.8) is 0 Å². The Morgan fingerprint density at radius 1 is 0.852 bits per heavy atom. The quantitative estimate of drug-likeness (QED) is 0.481. The van der Waals surface area contributed by atoms with Crippen molar-refractivity contribution < 1.29 is 13.9 Å². The highest BCUT2D eigenvalue weighted by molar-refractivity contribution is 5.34. The zero-order valence-corrected chi connectivity index (χ0v) is 16.0. The first kappa shape index (κ1) is 19.1. The van der Waals surface area contributed by atoms with Gasteiger partial charge in [-0.15, -0.1) is 0 Å². The van der Waals surface area contributed by atoms with E-state index in [1.54, 1.807) is 12.1 Å². The van der Waals surface area contributed by atoms with Crippen LogP contribution in [-0.4, -0.2) is 6.61 Å². The minimum atomic E-state index is -0.288. The molecule has 0 bridgehead atoms. The molecule has 0 amide bonds. The molecule has 0 aromatic heterocycles. The van der Waals surface area contributed by atoms with Gasteiger partial charge in [-0.1, -0.05) is 61.9 Å². The fourth-order valence-corrected chi connectivity index (χ4v) is 2.85. The summed E-state index contributed by atoms with van der Waals surface area (Å²) in [5.74, 6) is 1.03. The molecule has 0 aliphatic rings. The van der Waals surface area contributed by atoms with Crippen molar-refractivity contribution in [3.8, 4) is 11.5 Å². The number of ether oxygens (including phenoxy) is 2. The first-order valence-electron chi connectivity index (χ1n) is 9.10. The van der Waals surface area contributed by atoms with Crippen LogP contribution in [0.2, 0.25) is 0 Å². The van der Waals surface area contributed by atoms with E-state index in [9.17, 15) is 4.39 Å². The number of aryl methyl sites for hydroxylation is 1.